The minimum atomic E-state index is -0.0586. The van der Waals surface area contributed by atoms with Crippen molar-refractivity contribution in [2.45, 2.75) is 13.8 Å². The van der Waals surface area contributed by atoms with Gasteiger partial charge in [0.25, 0.3) is 0 Å². The molecule has 0 atom stereocenters. The van der Waals surface area contributed by atoms with Crippen LogP contribution in [0.5, 0.6) is 0 Å². The van der Waals surface area contributed by atoms with Crippen molar-refractivity contribution in [2.75, 3.05) is 0 Å². The van der Waals surface area contributed by atoms with E-state index < -0.39 is 0 Å². The van der Waals surface area contributed by atoms with Gasteiger partial charge in [0.2, 0.25) is 0 Å². The Hall–Kier alpha value is -0.250. The average Bonchev–Trinajstić information content (AvgIpc) is 2.05. The first-order valence-corrected chi connectivity index (χ1v) is 6.68. The van der Waals surface area contributed by atoms with E-state index in [0.717, 1.165) is 0 Å². The molecule has 0 fully saturated rings. The van der Waals surface area contributed by atoms with E-state index in [2.05, 4.69) is 54.4 Å². The van der Waals surface area contributed by atoms with Crippen molar-refractivity contribution in [3.05, 3.63) is 40.5 Å². The van der Waals surface area contributed by atoms with Crippen LogP contribution in [0, 0.1) is 5.92 Å². The van der Waals surface area contributed by atoms with Gasteiger partial charge in [-0.1, -0.05) is 0 Å². The van der Waals surface area contributed by atoms with E-state index in [1.807, 2.05) is 0 Å². The third-order valence-electron chi connectivity index (χ3n) is 1.41. The van der Waals surface area contributed by atoms with Crippen LogP contribution in [0.2, 0.25) is 0 Å². The van der Waals surface area contributed by atoms with E-state index in [-0.39, 0.29) is 20.9 Å². The van der Waals surface area contributed by atoms with Crippen molar-refractivity contribution in [3.63, 3.8) is 0 Å². The monoisotopic (exact) mass is 276 g/mol. The Morgan fingerprint density at radius 3 is 2.42 bits per heavy atom. The van der Waals surface area contributed by atoms with Gasteiger partial charge in [-0.15, -0.1) is 0 Å². The molecule has 0 saturated carbocycles. The van der Waals surface area contributed by atoms with Gasteiger partial charge in [0.05, 0.1) is 0 Å². The Bertz CT molecular complexity index is 236. The average molecular weight is 274 g/mol. The van der Waals surface area contributed by atoms with Crippen LogP contribution in [0.25, 0.3) is 0 Å². The van der Waals surface area contributed by atoms with E-state index >= 15 is 0 Å². The summed E-state index contributed by atoms with van der Waals surface area (Å²) in [6.45, 7) is 4.43. The molecule has 0 aliphatic carbocycles. The molecule has 1 rings (SSSR count). The Labute approximate surface area is 84.8 Å². The molecule has 0 N–H and O–H groups in total. The number of rotatable bonds is 3. The van der Waals surface area contributed by atoms with Crippen molar-refractivity contribution in [1.82, 2.24) is 0 Å². The number of benzene rings is 1. The summed E-state index contributed by atoms with van der Waals surface area (Å²) in [7, 11) is 0. The molecule has 0 heterocycles. The van der Waals surface area contributed by atoms with E-state index in [1.165, 1.54) is 3.61 Å². The summed E-state index contributed by atoms with van der Waals surface area (Å²) in [5.74, 6) is 0.693. The summed E-state index contributed by atoms with van der Waals surface area (Å²) in [5, 5.41) is 0. The third kappa shape index (κ3) is 3.95. The van der Waals surface area contributed by atoms with Crippen LogP contribution in [0.3, 0.4) is 0 Å². The normalized spacial score (nSPS) is 11.2. The number of hydrogen-bond acceptors (Lipinski definition) is 0. The molecular weight excluding hydrogens is 260 g/mol. The van der Waals surface area contributed by atoms with Gasteiger partial charge in [-0.2, -0.15) is 0 Å². The molecular formula is C11H14Te. The van der Waals surface area contributed by atoms with Gasteiger partial charge in [-0.05, 0) is 0 Å². The van der Waals surface area contributed by atoms with Crippen LogP contribution >= 0.6 is 0 Å². The van der Waals surface area contributed by atoms with E-state index in [0.29, 0.717) is 5.92 Å². The maximum absolute atomic E-state index is 2.37. The molecule has 0 aromatic heterocycles. The Balaban J connectivity index is 2.43. The van der Waals surface area contributed by atoms with Crippen LogP contribution in [0.4, 0.5) is 0 Å². The molecule has 0 spiro atoms. The van der Waals surface area contributed by atoms with Gasteiger partial charge in [-0.25, -0.2) is 0 Å². The first kappa shape index (κ1) is 9.83. The first-order chi connectivity index (χ1) is 5.79. The fourth-order valence-corrected chi connectivity index (χ4v) is 3.24. The van der Waals surface area contributed by atoms with Gasteiger partial charge in [0.15, 0.2) is 0 Å². The second-order valence-electron chi connectivity index (χ2n) is 3.00. The second kappa shape index (κ2) is 5.40. The molecule has 0 aliphatic rings. The molecule has 0 aliphatic heterocycles. The zero-order valence-corrected chi connectivity index (χ0v) is 9.86. The molecule has 64 valence electrons. The van der Waals surface area contributed by atoms with Gasteiger partial charge in [0, 0.05) is 0 Å². The van der Waals surface area contributed by atoms with Crippen molar-refractivity contribution >= 4 is 24.5 Å². The molecule has 12 heavy (non-hydrogen) atoms. The van der Waals surface area contributed by atoms with Crippen LogP contribution in [0.1, 0.15) is 13.8 Å². The van der Waals surface area contributed by atoms with E-state index in [9.17, 15) is 0 Å². The maximum atomic E-state index is 2.37. The predicted molar refractivity (Wildman–Crippen MR) is 55.8 cm³/mol. The molecule has 0 nitrogen and oxygen atoms in total. The summed E-state index contributed by atoms with van der Waals surface area (Å²) < 4.78 is 3.88. The van der Waals surface area contributed by atoms with Crippen molar-refractivity contribution < 1.29 is 0 Å². The number of allylic oxidation sites excluding steroid dienone is 1. The van der Waals surface area contributed by atoms with E-state index in [4.69, 9.17) is 0 Å². The van der Waals surface area contributed by atoms with Crippen molar-refractivity contribution in [3.8, 4) is 0 Å². The fraction of sp³-hybridized carbons (Fsp3) is 0.273. The summed E-state index contributed by atoms with van der Waals surface area (Å²) >= 11 is -0.0586. The van der Waals surface area contributed by atoms with Crippen molar-refractivity contribution in [1.29, 1.82) is 0 Å². The van der Waals surface area contributed by atoms with Gasteiger partial charge < -0.3 is 0 Å². The van der Waals surface area contributed by atoms with Crippen LogP contribution in [-0.2, 0) is 0 Å². The Morgan fingerprint density at radius 2 is 1.83 bits per heavy atom. The van der Waals surface area contributed by atoms with E-state index in [1.54, 1.807) is 0 Å². The SMILES string of the molecule is CC(C)/C=C/[Te]c1ccccc1. The van der Waals surface area contributed by atoms with Gasteiger partial charge in [0.1, 0.15) is 0 Å². The van der Waals surface area contributed by atoms with Crippen LogP contribution < -0.4 is 3.61 Å². The fourth-order valence-electron chi connectivity index (χ4n) is 0.774. The third-order valence-corrected chi connectivity index (χ3v) is 3.80. The molecule has 1 aromatic carbocycles. The number of hydrogen-bond donors (Lipinski definition) is 0. The van der Waals surface area contributed by atoms with Gasteiger partial charge >= 0.3 is 84.8 Å². The minimum absolute atomic E-state index is 0.0586. The Kier molecular flexibility index (Phi) is 4.43. The summed E-state index contributed by atoms with van der Waals surface area (Å²) in [6, 6.07) is 10.7. The van der Waals surface area contributed by atoms with Crippen LogP contribution in [-0.4, -0.2) is 20.9 Å². The molecule has 0 radical (unpaired) electrons. The topological polar surface area (TPSA) is 0 Å². The van der Waals surface area contributed by atoms with Crippen LogP contribution in [0.15, 0.2) is 40.5 Å². The molecule has 1 heteroatoms. The summed E-state index contributed by atoms with van der Waals surface area (Å²) in [4.78, 5) is 0. The quantitative estimate of drug-likeness (QED) is 0.741. The standard InChI is InChI=1S/C11H14Te/c1-10(2)8-9-12-11-6-4-3-5-7-11/h3-10H,1-2H3/b9-8+. The van der Waals surface area contributed by atoms with Gasteiger partial charge in [-0.3, -0.25) is 0 Å². The molecule has 0 unspecified atom stereocenters. The first-order valence-electron chi connectivity index (χ1n) is 4.17. The Morgan fingerprint density at radius 1 is 1.17 bits per heavy atom. The second-order valence-corrected chi connectivity index (χ2v) is 5.80. The summed E-state index contributed by atoms with van der Waals surface area (Å²) in [6.07, 6.45) is 2.30. The zero-order valence-electron chi connectivity index (χ0n) is 7.53. The molecule has 1 aromatic rings. The molecule has 0 amide bonds. The summed E-state index contributed by atoms with van der Waals surface area (Å²) in [5.41, 5.74) is 0. The molecule has 0 bridgehead atoms. The molecule has 0 saturated heterocycles. The zero-order chi connectivity index (χ0) is 8.81. The predicted octanol–water partition coefficient (Wildman–Crippen LogP) is 2.19. The van der Waals surface area contributed by atoms with Crippen molar-refractivity contribution in [2.24, 2.45) is 5.92 Å².